The molecule has 5 nitrogen and oxygen atoms in total. The molecule has 3 rings (SSSR count). The van der Waals surface area contributed by atoms with Crippen molar-refractivity contribution < 1.29 is 17.9 Å². The molecule has 140 valence electrons. The second-order valence-corrected chi connectivity index (χ2v) is 5.74. The van der Waals surface area contributed by atoms with Crippen LogP contribution in [0.1, 0.15) is 11.3 Å². The summed E-state index contributed by atoms with van der Waals surface area (Å²) in [6, 6.07) is 14.0. The van der Waals surface area contributed by atoms with Crippen LogP contribution in [0.2, 0.25) is 0 Å². The van der Waals surface area contributed by atoms with Crippen molar-refractivity contribution in [1.82, 2.24) is 9.97 Å². The number of anilines is 4. The molecular weight excluding hydrogens is 357 g/mol. The molecule has 0 saturated heterocycles. The molecule has 0 spiro atoms. The van der Waals surface area contributed by atoms with Gasteiger partial charge in [0.25, 0.3) is 0 Å². The number of nitrogens with one attached hydrogen (secondary N) is 2. The number of aromatic nitrogens is 2. The Morgan fingerprint density at radius 3 is 2.44 bits per heavy atom. The maximum Gasteiger partial charge on any atom is 0.418 e. The smallest absolute Gasteiger partial charge is 0.418 e. The van der Waals surface area contributed by atoms with Gasteiger partial charge in [-0.2, -0.15) is 18.2 Å². The van der Waals surface area contributed by atoms with E-state index < -0.39 is 11.7 Å². The number of aryl methyl sites for hydroxylation is 1. The number of rotatable bonds is 5. The maximum absolute atomic E-state index is 13.2. The van der Waals surface area contributed by atoms with Crippen molar-refractivity contribution in [2.45, 2.75) is 13.1 Å². The zero-order valence-corrected chi connectivity index (χ0v) is 14.6. The van der Waals surface area contributed by atoms with Gasteiger partial charge < -0.3 is 15.4 Å². The van der Waals surface area contributed by atoms with E-state index in [0.717, 1.165) is 6.07 Å². The predicted molar refractivity (Wildman–Crippen MR) is 97.8 cm³/mol. The summed E-state index contributed by atoms with van der Waals surface area (Å²) in [6.07, 6.45) is -4.46. The summed E-state index contributed by atoms with van der Waals surface area (Å²) < 4.78 is 44.7. The van der Waals surface area contributed by atoms with Crippen molar-refractivity contribution in [2.75, 3.05) is 17.7 Å². The van der Waals surface area contributed by atoms with Crippen LogP contribution in [-0.4, -0.2) is 17.1 Å². The molecule has 0 saturated carbocycles. The number of para-hydroxylation sites is 1. The van der Waals surface area contributed by atoms with Crippen LogP contribution in [0.25, 0.3) is 0 Å². The predicted octanol–water partition coefficient (Wildman–Crippen LogP) is 5.30. The van der Waals surface area contributed by atoms with Crippen LogP contribution in [0.3, 0.4) is 0 Å². The molecule has 0 unspecified atom stereocenters. The Labute approximate surface area is 154 Å². The molecule has 3 aromatic rings. The largest absolute Gasteiger partial charge is 0.497 e. The fourth-order valence-electron chi connectivity index (χ4n) is 2.50. The third-order valence-electron chi connectivity index (χ3n) is 3.68. The van der Waals surface area contributed by atoms with Gasteiger partial charge in [-0.3, -0.25) is 0 Å². The van der Waals surface area contributed by atoms with E-state index in [4.69, 9.17) is 4.74 Å². The van der Waals surface area contributed by atoms with E-state index in [-0.39, 0.29) is 17.5 Å². The molecule has 2 aromatic carbocycles. The Balaban J connectivity index is 1.88. The fraction of sp³-hybridized carbons (Fsp3) is 0.158. The summed E-state index contributed by atoms with van der Waals surface area (Å²) in [6.45, 7) is 1.74. The Morgan fingerprint density at radius 1 is 0.926 bits per heavy atom. The fourth-order valence-corrected chi connectivity index (χ4v) is 2.50. The molecule has 0 radical (unpaired) electrons. The van der Waals surface area contributed by atoms with Crippen LogP contribution in [0.15, 0.2) is 54.6 Å². The summed E-state index contributed by atoms with van der Waals surface area (Å²) in [4.78, 5) is 8.53. The van der Waals surface area contributed by atoms with E-state index in [1.165, 1.54) is 18.2 Å². The first-order valence-electron chi connectivity index (χ1n) is 8.05. The van der Waals surface area contributed by atoms with E-state index >= 15 is 0 Å². The summed E-state index contributed by atoms with van der Waals surface area (Å²) in [5, 5.41) is 5.76. The van der Waals surface area contributed by atoms with Gasteiger partial charge in [0, 0.05) is 23.5 Å². The van der Waals surface area contributed by atoms with Gasteiger partial charge in [0.15, 0.2) is 0 Å². The zero-order chi connectivity index (χ0) is 19.4. The molecule has 1 aromatic heterocycles. The highest BCUT2D eigenvalue weighted by molar-refractivity contribution is 5.64. The first kappa shape index (κ1) is 18.5. The molecule has 0 atom stereocenters. The van der Waals surface area contributed by atoms with Gasteiger partial charge in [0.2, 0.25) is 5.95 Å². The molecule has 27 heavy (non-hydrogen) atoms. The second-order valence-electron chi connectivity index (χ2n) is 5.74. The molecule has 0 amide bonds. The first-order valence-corrected chi connectivity index (χ1v) is 8.05. The summed E-state index contributed by atoms with van der Waals surface area (Å²) >= 11 is 0. The molecule has 0 fully saturated rings. The van der Waals surface area contributed by atoms with Crippen LogP contribution in [0.4, 0.5) is 36.3 Å². The normalized spacial score (nSPS) is 11.1. The quantitative estimate of drug-likeness (QED) is 0.635. The Morgan fingerprint density at radius 2 is 1.70 bits per heavy atom. The van der Waals surface area contributed by atoms with Gasteiger partial charge in [0.1, 0.15) is 11.6 Å². The lowest BCUT2D eigenvalue weighted by Gasteiger charge is -2.15. The van der Waals surface area contributed by atoms with Gasteiger partial charge >= 0.3 is 6.18 Å². The Bertz CT molecular complexity index is 944. The highest BCUT2D eigenvalue weighted by atomic mass is 19.4. The minimum absolute atomic E-state index is 0.0737. The number of alkyl halides is 3. The average Bonchev–Trinajstić information content (AvgIpc) is 2.61. The van der Waals surface area contributed by atoms with Gasteiger partial charge in [0.05, 0.1) is 18.4 Å². The molecule has 0 aliphatic carbocycles. The summed E-state index contributed by atoms with van der Waals surface area (Å²) in [5.41, 5.74) is 0.461. The minimum Gasteiger partial charge on any atom is -0.497 e. The van der Waals surface area contributed by atoms with Crippen molar-refractivity contribution in [2.24, 2.45) is 0 Å². The number of ether oxygens (including phenoxy) is 1. The highest BCUT2D eigenvalue weighted by Crippen LogP contribution is 2.35. The lowest BCUT2D eigenvalue weighted by molar-refractivity contribution is -0.136. The van der Waals surface area contributed by atoms with E-state index in [9.17, 15) is 13.2 Å². The molecular formula is C19H17F3N4O. The maximum atomic E-state index is 13.2. The van der Waals surface area contributed by atoms with Crippen LogP contribution in [0, 0.1) is 6.92 Å². The summed E-state index contributed by atoms with van der Waals surface area (Å²) in [5.74, 6) is 1.17. The van der Waals surface area contributed by atoms with E-state index in [2.05, 4.69) is 20.6 Å². The third kappa shape index (κ3) is 4.66. The van der Waals surface area contributed by atoms with Crippen LogP contribution in [0.5, 0.6) is 5.75 Å². The Kier molecular flexibility index (Phi) is 5.16. The molecule has 8 heteroatoms. The number of halogens is 3. The van der Waals surface area contributed by atoms with Gasteiger partial charge in [-0.1, -0.05) is 18.2 Å². The lowest BCUT2D eigenvalue weighted by Crippen LogP contribution is -2.09. The van der Waals surface area contributed by atoms with Gasteiger partial charge in [-0.25, -0.2) is 4.98 Å². The minimum atomic E-state index is -4.46. The second kappa shape index (κ2) is 7.53. The number of hydrogen-bond acceptors (Lipinski definition) is 5. The number of benzene rings is 2. The van der Waals surface area contributed by atoms with Crippen molar-refractivity contribution in [3.8, 4) is 5.75 Å². The van der Waals surface area contributed by atoms with Gasteiger partial charge in [-0.15, -0.1) is 0 Å². The first-order chi connectivity index (χ1) is 12.8. The van der Waals surface area contributed by atoms with E-state index in [1.807, 2.05) is 0 Å². The van der Waals surface area contributed by atoms with Crippen molar-refractivity contribution in [1.29, 1.82) is 0 Å². The lowest BCUT2D eigenvalue weighted by atomic mass is 10.1. The molecule has 0 bridgehead atoms. The number of hydrogen-bond donors (Lipinski definition) is 2. The van der Waals surface area contributed by atoms with E-state index in [0.29, 0.717) is 17.1 Å². The van der Waals surface area contributed by atoms with E-state index in [1.54, 1.807) is 44.4 Å². The summed E-state index contributed by atoms with van der Waals surface area (Å²) in [7, 11) is 1.56. The Hall–Kier alpha value is -3.29. The van der Waals surface area contributed by atoms with Crippen LogP contribution in [-0.2, 0) is 6.18 Å². The highest BCUT2D eigenvalue weighted by Gasteiger charge is 2.33. The molecule has 2 N–H and O–H groups in total. The average molecular weight is 374 g/mol. The number of nitrogens with zero attached hydrogens (tertiary/aromatic N) is 2. The van der Waals surface area contributed by atoms with Crippen molar-refractivity contribution in [3.63, 3.8) is 0 Å². The molecule has 1 heterocycles. The van der Waals surface area contributed by atoms with Crippen LogP contribution >= 0.6 is 0 Å². The standard InChI is InChI=1S/C19H17F3N4O/c1-12-10-17(25-16-9-4-3-8-15(16)19(20,21)22)26-18(23-12)24-13-6-5-7-14(11-13)27-2/h3-11H,1-2H3,(H2,23,24,25,26). The van der Waals surface area contributed by atoms with Crippen LogP contribution < -0.4 is 15.4 Å². The molecule has 0 aliphatic heterocycles. The molecule has 0 aliphatic rings. The third-order valence-corrected chi connectivity index (χ3v) is 3.68. The zero-order valence-electron chi connectivity index (χ0n) is 14.6. The van der Waals surface area contributed by atoms with Gasteiger partial charge in [-0.05, 0) is 31.2 Å². The number of methoxy groups -OCH3 is 1. The SMILES string of the molecule is COc1cccc(Nc2nc(C)cc(Nc3ccccc3C(F)(F)F)n2)c1. The topological polar surface area (TPSA) is 59.1 Å². The van der Waals surface area contributed by atoms with Crippen molar-refractivity contribution >= 4 is 23.1 Å². The monoisotopic (exact) mass is 374 g/mol. The van der Waals surface area contributed by atoms with Crippen molar-refractivity contribution in [3.05, 3.63) is 65.9 Å².